The normalized spacial score (nSPS) is 10.5. The number of pyridine rings is 1. The Bertz CT molecular complexity index is 993. The number of ether oxygens (including phenoxy) is 1. The van der Waals surface area contributed by atoms with Gasteiger partial charge in [-0.05, 0) is 37.3 Å². The lowest BCUT2D eigenvalue weighted by Crippen LogP contribution is -2.12. The molecule has 1 N–H and O–H groups in total. The molecule has 0 saturated carbocycles. The lowest BCUT2D eigenvalue weighted by atomic mass is 10.1. The van der Waals surface area contributed by atoms with Crippen molar-refractivity contribution in [1.82, 2.24) is 14.6 Å². The highest BCUT2D eigenvalue weighted by molar-refractivity contribution is 5.89. The molecule has 1 aromatic carbocycles. The number of benzene rings is 1. The maximum Gasteiger partial charge on any atom is 0.249 e. The van der Waals surface area contributed by atoms with Crippen LogP contribution in [0.1, 0.15) is 19.8 Å². The molecule has 3 rings (SSSR count). The number of halogens is 1. The second-order valence-corrected chi connectivity index (χ2v) is 5.44. The summed E-state index contributed by atoms with van der Waals surface area (Å²) < 4.78 is 21.1. The van der Waals surface area contributed by atoms with Gasteiger partial charge in [0.25, 0.3) is 0 Å². The van der Waals surface area contributed by atoms with E-state index in [1.165, 1.54) is 10.6 Å². The van der Waals surface area contributed by atoms with E-state index in [1.807, 2.05) is 13.0 Å². The molecular weight excluding hydrogens is 337 g/mol. The van der Waals surface area contributed by atoms with Crippen molar-refractivity contribution < 1.29 is 13.9 Å². The minimum absolute atomic E-state index is 0.0761. The minimum atomic E-state index is -0.377. The van der Waals surface area contributed by atoms with Crippen molar-refractivity contribution in [3.8, 4) is 22.9 Å². The van der Waals surface area contributed by atoms with Gasteiger partial charge in [0.05, 0.1) is 12.7 Å². The van der Waals surface area contributed by atoms with E-state index in [0.29, 0.717) is 29.1 Å². The number of nitrogens with one attached hydrogen (secondary N) is 1. The van der Waals surface area contributed by atoms with Crippen LogP contribution in [0.15, 0.2) is 36.5 Å². The van der Waals surface area contributed by atoms with Crippen LogP contribution in [0.3, 0.4) is 0 Å². The monoisotopic (exact) mass is 353 g/mol. The number of carbonyl (C=O) groups is 1. The first kappa shape index (κ1) is 17.4. The first-order valence-electron chi connectivity index (χ1n) is 8.06. The molecule has 0 aliphatic carbocycles. The van der Waals surface area contributed by atoms with Crippen LogP contribution in [0.4, 0.5) is 10.3 Å². The summed E-state index contributed by atoms with van der Waals surface area (Å²) in [6.07, 6.45) is 1.83. The van der Waals surface area contributed by atoms with E-state index in [9.17, 15) is 9.18 Å². The number of amides is 1. The van der Waals surface area contributed by atoms with Gasteiger partial charge in [0, 0.05) is 30.2 Å². The van der Waals surface area contributed by atoms with Gasteiger partial charge in [0.1, 0.15) is 11.6 Å². The summed E-state index contributed by atoms with van der Waals surface area (Å²) in [5, 5.41) is 15.2. The van der Waals surface area contributed by atoms with E-state index in [4.69, 9.17) is 10.00 Å². The van der Waals surface area contributed by atoms with Crippen molar-refractivity contribution in [2.24, 2.45) is 0 Å². The zero-order chi connectivity index (χ0) is 18.5. The van der Waals surface area contributed by atoms with Crippen molar-refractivity contribution >= 4 is 17.5 Å². The first-order chi connectivity index (χ1) is 12.6. The Balaban J connectivity index is 1.89. The summed E-state index contributed by atoms with van der Waals surface area (Å²) in [5.41, 5.74) is 1.49. The fourth-order valence-electron chi connectivity index (χ4n) is 2.43. The highest BCUT2D eigenvalue weighted by Crippen LogP contribution is 2.27. The predicted molar refractivity (Wildman–Crippen MR) is 93.0 cm³/mol. The van der Waals surface area contributed by atoms with Crippen LogP contribution in [-0.4, -0.2) is 27.1 Å². The van der Waals surface area contributed by atoms with Crippen LogP contribution in [0.5, 0.6) is 5.75 Å². The number of aromatic nitrogens is 3. The molecule has 0 bridgehead atoms. The number of fused-ring (bicyclic) bond motifs is 1. The van der Waals surface area contributed by atoms with Gasteiger partial charge in [-0.3, -0.25) is 10.1 Å². The number of nitriles is 1. The summed E-state index contributed by atoms with van der Waals surface area (Å²) in [7, 11) is 0. The van der Waals surface area contributed by atoms with Gasteiger partial charge in [-0.15, -0.1) is 5.10 Å². The van der Waals surface area contributed by atoms with Gasteiger partial charge in [0.2, 0.25) is 11.9 Å². The Kier molecular flexibility index (Phi) is 5.08. The van der Waals surface area contributed by atoms with E-state index >= 15 is 0 Å². The zero-order valence-corrected chi connectivity index (χ0v) is 14.1. The molecule has 0 unspecified atom stereocenters. The summed E-state index contributed by atoms with van der Waals surface area (Å²) in [4.78, 5) is 15.8. The molecule has 0 saturated heterocycles. The summed E-state index contributed by atoms with van der Waals surface area (Å²) in [6, 6.07) is 9.86. The number of rotatable bonds is 6. The first-order valence-corrected chi connectivity index (χ1v) is 8.06. The van der Waals surface area contributed by atoms with Gasteiger partial charge in [-0.25, -0.2) is 8.91 Å². The van der Waals surface area contributed by atoms with Crippen molar-refractivity contribution in [2.75, 3.05) is 11.9 Å². The van der Waals surface area contributed by atoms with Gasteiger partial charge in [-0.2, -0.15) is 10.2 Å². The molecule has 26 heavy (non-hydrogen) atoms. The number of nitrogens with zero attached hydrogens (tertiary/aromatic N) is 4. The molecule has 8 heteroatoms. The van der Waals surface area contributed by atoms with Gasteiger partial charge in [-0.1, -0.05) is 0 Å². The van der Waals surface area contributed by atoms with E-state index in [1.54, 1.807) is 30.5 Å². The van der Waals surface area contributed by atoms with Crippen molar-refractivity contribution in [1.29, 1.82) is 5.26 Å². The molecule has 1 amide bonds. The topological polar surface area (TPSA) is 92.3 Å². The minimum Gasteiger partial charge on any atom is -0.494 e. The maximum atomic E-state index is 14.2. The number of anilines is 1. The fourth-order valence-corrected chi connectivity index (χ4v) is 2.43. The SMILES string of the molecule is CCOc1ccc(F)c(-c2ccc3nc(NC(=O)CCC#N)nn3c2)c1. The molecule has 2 aromatic heterocycles. The van der Waals surface area contributed by atoms with E-state index in [-0.39, 0.29) is 30.5 Å². The summed E-state index contributed by atoms with van der Waals surface area (Å²) >= 11 is 0. The molecule has 132 valence electrons. The van der Waals surface area contributed by atoms with Crippen molar-refractivity contribution in [2.45, 2.75) is 19.8 Å². The molecule has 0 aliphatic rings. The highest BCUT2D eigenvalue weighted by Gasteiger charge is 2.11. The standard InChI is InChI=1S/C18H16FN5O2/c1-2-26-13-6-7-15(19)14(10-13)12-5-8-16-21-18(23-24(16)11-12)22-17(25)4-3-9-20/h5-8,10-11H,2-4H2,1H3,(H,22,23,25). The van der Waals surface area contributed by atoms with Gasteiger partial charge in [0.15, 0.2) is 5.65 Å². The third-order valence-corrected chi connectivity index (χ3v) is 3.61. The largest absolute Gasteiger partial charge is 0.494 e. The molecule has 3 aromatic rings. The second kappa shape index (κ2) is 7.61. The number of carbonyl (C=O) groups excluding carboxylic acids is 1. The zero-order valence-electron chi connectivity index (χ0n) is 14.1. The van der Waals surface area contributed by atoms with Gasteiger partial charge < -0.3 is 4.74 Å². The Hall–Kier alpha value is -3.47. The number of hydrogen-bond donors (Lipinski definition) is 1. The van der Waals surface area contributed by atoms with Crippen molar-refractivity contribution in [3.63, 3.8) is 0 Å². The molecule has 0 aliphatic heterocycles. The second-order valence-electron chi connectivity index (χ2n) is 5.44. The van der Waals surface area contributed by atoms with Gasteiger partial charge >= 0.3 is 0 Å². The van der Waals surface area contributed by atoms with E-state index < -0.39 is 0 Å². The van der Waals surface area contributed by atoms with Crippen LogP contribution in [0.25, 0.3) is 16.8 Å². The van der Waals surface area contributed by atoms with Crippen LogP contribution in [-0.2, 0) is 4.79 Å². The summed E-state index contributed by atoms with van der Waals surface area (Å²) in [6.45, 7) is 2.35. The van der Waals surface area contributed by atoms with E-state index in [0.717, 1.165) is 0 Å². The molecule has 0 atom stereocenters. The smallest absolute Gasteiger partial charge is 0.249 e. The Labute approximate surface area is 149 Å². The third-order valence-electron chi connectivity index (χ3n) is 3.61. The number of hydrogen-bond acceptors (Lipinski definition) is 5. The van der Waals surface area contributed by atoms with Crippen LogP contribution >= 0.6 is 0 Å². The maximum absolute atomic E-state index is 14.2. The molecule has 0 spiro atoms. The molecule has 2 heterocycles. The lowest BCUT2D eigenvalue weighted by molar-refractivity contribution is -0.116. The quantitative estimate of drug-likeness (QED) is 0.735. The molecule has 0 radical (unpaired) electrons. The van der Waals surface area contributed by atoms with Crippen LogP contribution in [0, 0.1) is 17.1 Å². The average molecular weight is 353 g/mol. The highest BCUT2D eigenvalue weighted by atomic mass is 19.1. The lowest BCUT2D eigenvalue weighted by Gasteiger charge is -2.08. The third kappa shape index (κ3) is 3.78. The predicted octanol–water partition coefficient (Wildman–Crippen LogP) is 3.18. The molecule has 0 fully saturated rings. The van der Waals surface area contributed by atoms with Crippen LogP contribution < -0.4 is 10.1 Å². The van der Waals surface area contributed by atoms with E-state index in [2.05, 4.69) is 15.4 Å². The Morgan fingerprint density at radius 2 is 2.23 bits per heavy atom. The fraction of sp³-hybridized carbons (Fsp3) is 0.222. The molecule has 7 nitrogen and oxygen atoms in total. The average Bonchev–Trinajstić information content (AvgIpc) is 3.03. The Morgan fingerprint density at radius 3 is 3.00 bits per heavy atom. The Morgan fingerprint density at radius 1 is 1.38 bits per heavy atom. The summed E-state index contributed by atoms with van der Waals surface area (Å²) in [5.74, 6) is -0.00208. The van der Waals surface area contributed by atoms with Crippen molar-refractivity contribution in [3.05, 3.63) is 42.3 Å². The van der Waals surface area contributed by atoms with Crippen LogP contribution in [0.2, 0.25) is 0 Å². The molecular formula is C18H16FN5O2.